The topological polar surface area (TPSA) is 46.2 Å². The molecule has 0 unspecified atom stereocenters. The van der Waals surface area contributed by atoms with Crippen LogP contribution < -0.4 is 4.72 Å². The first-order valence-electron chi connectivity index (χ1n) is 3.30. The van der Waals surface area contributed by atoms with E-state index in [1.165, 1.54) is 6.26 Å². The highest BCUT2D eigenvalue weighted by atomic mass is 32.2. The van der Waals surface area contributed by atoms with Gasteiger partial charge in [-0.1, -0.05) is 13.8 Å². The quantitative estimate of drug-likeness (QED) is 0.665. The maximum absolute atomic E-state index is 10.6. The molecule has 0 rings (SSSR count). The van der Waals surface area contributed by atoms with Crippen LogP contribution in [-0.2, 0) is 10.0 Å². The lowest BCUT2D eigenvalue weighted by Crippen LogP contribution is -2.35. The summed E-state index contributed by atoms with van der Waals surface area (Å²) in [6.45, 7) is 5.80. The summed E-state index contributed by atoms with van der Waals surface area (Å²) in [5, 5.41) is 0. The molecule has 0 aromatic carbocycles. The Morgan fingerprint density at radius 3 is 1.70 bits per heavy atom. The van der Waals surface area contributed by atoms with Crippen molar-refractivity contribution in [1.82, 2.24) is 4.72 Å². The van der Waals surface area contributed by atoms with E-state index in [2.05, 4.69) is 4.72 Å². The molecule has 3 nitrogen and oxygen atoms in total. The van der Waals surface area contributed by atoms with Crippen LogP contribution in [0, 0.1) is 5.92 Å². The molecule has 0 bridgehead atoms. The highest BCUT2D eigenvalue weighted by Gasteiger charge is 2.10. The van der Waals surface area contributed by atoms with Crippen LogP contribution in [0.5, 0.6) is 0 Å². The molecular weight excluding hydrogens is 150 g/mol. The van der Waals surface area contributed by atoms with Gasteiger partial charge < -0.3 is 0 Å². The normalized spacial score (nSPS) is 15.7. The van der Waals surface area contributed by atoms with Gasteiger partial charge in [0.1, 0.15) is 0 Å². The molecule has 0 aliphatic heterocycles. The van der Waals surface area contributed by atoms with Crippen molar-refractivity contribution in [2.45, 2.75) is 26.8 Å². The molecule has 10 heavy (non-hydrogen) atoms. The van der Waals surface area contributed by atoms with Crippen molar-refractivity contribution in [2.24, 2.45) is 5.92 Å². The number of rotatable bonds is 3. The molecule has 0 radical (unpaired) electrons. The van der Waals surface area contributed by atoms with Crippen LogP contribution in [-0.4, -0.2) is 20.7 Å². The van der Waals surface area contributed by atoms with Crippen molar-refractivity contribution in [3.8, 4) is 0 Å². The van der Waals surface area contributed by atoms with E-state index in [0.717, 1.165) is 0 Å². The zero-order valence-electron chi connectivity index (χ0n) is 6.88. The first-order chi connectivity index (χ1) is 4.33. The van der Waals surface area contributed by atoms with Crippen molar-refractivity contribution in [3.05, 3.63) is 0 Å². The number of sulfonamides is 1. The lowest BCUT2D eigenvalue weighted by molar-refractivity contribution is 0.479. The summed E-state index contributed by atoms with van der Waals surface area (Å²) < 4.78 is 23.8. The Morgan fingerprint density at radius 2 is 1.60 bits per heavy atom. The summed E-state index contributed by atoms with van der Waals surface area (Å²) in [6, 6.07) is 0.0231. The van der Waals surface area contributed by atoms with Crippen molar-refractivity contribution in [1.29, 1.82) is 0 Å². The molecule has 62 valence electrons. The Balaban J connectivity index is 3.93. The second-order valence-corrected chi connectivity index (χ2v) is 4.70. The average molecular weight is 165 g/mol. The minimum atomic E-state index is -3.02. The summed E-state index contributed by atoms with van der Waals surface area (Å²) in [4.78, 5) is 0. The van der Waals surface area contributed by atoms with Crippen molar-refractivity contribution in [3.63, 3.8) is 0 Å². The summed E-state index contributed by atoms with van der Waals surface area (Å²) in [7, 11) is -3.02. The molecule has 0 aliphatic carbocycles. The molecule has 1 atom stereocenters. The van der Waals surface area contributed by atoms with Gasteiger partial charge in [-0.3, -0.25) is 0 Å². The van der Waals surface area contributed by atoms with Gasteiger partial charge in [0.25, 0.3) is 0 Å². The van der Waals surface area contributed by atoms with Gasteiger partial charge in [-0.2, -0.15) is 0 Å². The second-order valence-electron chi connectivity index (χ2n) is 2.92. The smallest absolute Gasteiger partial charge is 0.208 e. The Hall–Kier alpha value is -0.0900. The highest BCUT2D eigenvalue weighted by molar-refractivity contribution is 7.88. The van der Waals surface area contributed by atoms with Gasteiger partial charge >= 0.3 is 0 Å². The Bertz CT molecular complexity index is 184. The molecular formula is C6H15NO2S. The molecule has 0 aliphatic rings. The molecule has 0 spiro atoms. The van der Waals surface area contributed by atoms with Gasteiger partial charge in [-0.25, -0.2) is 13.1 Å². The van der Waals surface area contributed by atoms with Gasteiger partial charge in [-0.15, -0.1) is 0 Å². The van der Waals surface area contributed by atoms with Crippen LogP contribution >= 0.6 is 0 Å². The molecule has 0 fully saturated rings. The molecule has 0 amide bonds. The first kappa shape index (κ1) is 9.91. The average Bonchev–Trinajstić information content (AvgIpc) is 1.60. The number of nitrogens with one attached hydrogen (secondary N) is 1. The van der Waals surface area contributed by atoms with Crippen molar-refractivity contribution < 1.29 is 8.42 Å². The standard InChI is InChI=1S/C6H15NO2S/c1-5(2)6(3)7-10(4,8)9/h5-7H,1-4H3/t6-/m0/s1. The second kappa shape index (κ2) is 3.34. The molecule has 0 saturated carbocycles. The Morgan fingerprint density at radius 1 is 1.20 bits per heavy atom. The zero-order chi connectivity index (χ0) is 8.36. The predicted molar refractivity (Wildman–Crippen MR) is 42.3 cm³/mol. The fraction of sp³-hybridized carbons (Fsp3) is 1.00. The fourth-order valence-electron chi connectivity index (χ4n) is 0.474. The molecule has 0 aromatic heterocycles. The van der Waals surface area contributed by atoms with E-state index in [9.17, 15) is 8.42 Å². The highest BCUT2D eigenvalue weighted by Crippen LogP contribution is 2.00. The summed E-state index contributed by atoms with van der Waals surface area (Å²) >= 11 is 0. The van der Waals surface area contributed by atoms with E-state index in [1.54, 1.807) is 0 Å². The van der Waals surface area contributed by atoms with E-state index in [0.29, 0.717) is 5.92 Å². The Labute approximate surface area is 62.9 Å². The van der Waals surface area contributed by atoms with Crippen molar-refractivity contribution >= 4 is 10.0 Å². The summed E-state index contributed by atoms with van der Waals surface area (Å²) in [6.07, 6.45) is 1.17. The van der Waals surface area contributed by atoms with Crippen LogP contribution in [0.2, 0.25) is 0 Å². The van der Waals surface area contributed by atoms with Crippen LogP contribution in [0.1, 0.15) is 20.8 Å². The monoisotopic (exact) mass is 165 g/mol. The Kier molecular flexibility index (Phi) is 3.31. The lowest BCUT2D eigenvalue weighted by Gasteiger charge is -2.15. The van der Waals surface area contributed by atoms with Crippen LogP contribution in [0.15, 0.2) is 0 Å². The van der Waals surface area contributed by atoms with Gasteiger partial charge in [0, 0.05) is 6.04 Å². The molecule has 1 N–H and O–H groups in total. The van der Waals surface area contributed by atoms with E-state index in [4.69, 9.17) is 0 Å². The third-order valence-electron chi connectivity index (χ3n) is 1.40. The van der Waals surface area contributed by atoms with Crippen LogP contribution in [0.4, 0.5) is 0 Å². The zero-order valence-corrected chi connectivity index (χ0v) is 7.70. The third-order valence-corrected chi connectivity index (χ3v) is 2.20. The predicted octanol–water partition coefficient (Wildman–Crippen LogP) is 0.580. The first-order valence-corrected chi connectivity index (χ1v) is 5.19. The number of hydrogen-bond acceptors (Lipinski definition) is 2. The number of hydrogen-bond donors (Lipinski definition) is 1. The summed E-state index contributed by atoms with van der Waals surface area (Å²) in [5.74, 6) is 0.342. The SMILES string of the molecule is CC(C)[C@H](C)NS(C)(=O)=O. The summed E-state index contributed by atoms with van der Waals surface area (Å²) in [5.41, 5.74) is 0. The van der Waals surface area contributed by atoms with Gasteiger partial charge in [-0.05, 0) is 12.8 Å². The minimum Gasteiger partial charge on any atom is -0.213 e. The van der Waals surface area contributed by atoms with Gasteiger partial charge in [0.2, 0.25) is 10.0 Å². The van der Waals surface area contributed by atoms with Gasteiger partial charge in [0.05, 0.1) is 6.26 Å². The largest absolute Gasteiger partial charge is 0.213 e. The van der Waals surface area contributed by atoms with Gasteiger partial charge in [0.15, 0.2) is 0 Å². The van der Waals surface area contributed by atoms with E-state index in [1.807, 2.05) is 20.8 Å². The molecule has 0 heterocycles. The maximum atomic E-state index is 10.6. The molecule has 0 aromatic rings. The molecule has 0 saturated heterocycles. The van der Waals surface area contributed by atoms with E-state index < -0.39 is 10.0 Å². The van der Waals surface area contributed by atoms with Crippen molar-refractivity contribution in [2.75, 3.05) is 6.26 Å². The minimum absolute atomic E-state index is 0.0231. The van der Waals surface area contributed by atoms with Crippen LogP contribution in [0.3, 0.4) is 0 Å². The van der Waals surface area contributed by atoms with Crippen LogP contribution in [0.25, 0.3) is 0 Å². The van der Waals surface area contributed by atoms with E-state index in [-0.39, 0.29) is 6.04 Å². The third kappa shape index (κ3) is 4.76. The fourth-order valence-corrected chi connectivity index (χ4v) is 1.42. The maximum Gasteiger partial charge on any atom is 0.208 e. The lowest BCUT2D eigenvalue weighted by atomic mass is 10.1. The van der Waals surface area contributed by atoms with E-state index >= 15 is 0 Å². The molecule has 4 heteroatoms.